The molecule has 2 N–H and O–H groups in total. The van der Waals surface area contributed by atoms with Crippen molar-refractivity contribution in [2.45, 2.75) is 52.5 Å². The van der Waals surface area contributed by atoms with Crippen LogP contribution in [-0.2, 0) is 0 Å². The Bertz CT molecular complexity index is 289. The van der Waals surface area contributed by atoms with Crippen molar-refractivity contribution in [1.29, 1.82) is 0 Å². The highest BCUT2D eigenvalue weighted by Gasteiger charge is 2.06. The van der Waals surface area contributed by atoms with Crippen molar-refractivity contribution >= 4 is 12.4 Å². The first kappa shape index (κ1) is 15.5. The molecule has 1 aromatic rings. The summed E-state index contributed by atoms with van der Waals surface area (Å²) in [5.74, 6) is 0. The van der Waals surface area contributed by atoms with E-state index in [0.29, 0.717) is 0 Å². The van der Waals surface area contributed by atoms with Crippen LogP contribution in [0.25, 0.3) is 0 Å². The van der Waals surface area contributed by atoms with Gasteiger partial charge in [0.2, 0.25) is 0 Å². The molecule has 1 nitrogen and oxygen atoms in total. The lowest BCUT2D eigenvalue weighted by Crippen LogP contribution is -2.10. The number of nitrogens with two attached hydrogens (primary N) is 1. The molecular formula is C14H24ClN. The largest absolute Gasteiger partial charge is 0.324 e. The van der Waals surface area contributed by atoms with Crippen LogP contribution in [0.1, 0.15) is 55.3 Å². The second-order valence-corrected chi connectivity index (χ2v) is 4.52. The summed E-state index contributed by atoms with van der Waals surface area (Å²) >= 11 is 0. The second-order valence-electron chi connectivity index (χ2n) is 4.52. The molecule has 0 aliphatic heterocycles. The number of unbranched alkanes of at least 4 members (excludes halogenated alkanes) is 2. The standard InChI is InChI=1S/C14H23N.ClH/c1-4-5-6-7-14(15)13-9-11(2)8-12(3)10-13;/h8-10,14H,4-7,15H2,1-3H3;1H/t14-;/m1./s1. The van der Waals surface area contributed by atoms with Crippen LogP contribution < -0.4 is 5.73 Å². The van der Waals surface area contributed by atoms with Gasteiger partial charge in [-0.15, -0.1) is 12.4 Å². The van der Waals surface area contributed by atoms with Crippen LogP contribution in [0.2, 0.25) is 0 Å². The van der Waals surface area contributed by atoms with Gasteiger partial charge in [-0.1, -0.05) is 55.5 Å². The lowest BCUT2D eigenvalue weighted by molar-refractivity contribution is 0.581. The van der Waals surface area contributed by atoms with Gasteiger partial charge in [-0.25, -0.2) is 0 Å². The fourth-order valence-electron chi connectivity index (χ4n) is 2.00. The van der Waals surface area contributed by atoms with Gasteiger partial charge in [0, 0.05) is 6.04 Å². The molecule has 1 aromatic carbocycles. The van der Waals surface area contributed by atoms with E-state index in [1.807, 2.05) is 0 Å². The first-order valence-electron chi connectivity index (χ1n) is 5.97. The molecule has 0 saturated heterocycles. The van der Waals surface area contributed by atoms with E-state index >= 15 is 0 Å². The third-order valence-electron chi connectivity index (χ3n) is 2.79. The van der Waals surface area contributed by atoms with Crippen molar-refractivity contribution in [1.82, 2.24) is 0 Å². The van der Waals surface area contributed by atoms with Crippen molar-refractivity contribution in [2.75, 3.05) is 0 Å². The highest BCUT2D eigenvalue weighted by atomic mass is 35.5. The average molecular weight is 242 g/mol. The van der Waals surface area contributed by atoms with Gasteiger partial charge >= 0.3 is 0 Å². The molecule has 0 aliphatic rings. The number of aryl methyl sites for hydroxylation is 2. The molecule has 2 heteroatoms. The van der Waals surface area contributed by atoms with E-state index in [9.17, 15) is 0 Å². The molecule has 1 atom stereocenters. The molecule has 0 fully saturated rings. The molecule has 1 rings (SSSR count). The number of hydrogen-bond donors (Lipinski definition) is 1. The average Bonchev–Trinajstić information content (AvgIpc) is 2.16. The van der Waals surface area contributed by atoms with Crippen molar-refractivity contribution in [3.8, 4) is 0 Å². The van der Waals surface area contributed by atoms with E-state index < -0.39 is 0 Å². The fourth-order valence-corrected chi connectivity index (χ4v) is 2.00. The van der Waals surface area contributed by atoms with E-state index in [2.05, 4.69) is 39.0 Å². The van der Waals surface area contributed by atoms with Crippen LogP contribution in [0.4, 0.5) is 0 Å². The summed E-state index contributed by atoms with van der Waals surface area (Å²) in [5, 5.41) is 0. The van der Waals surface area contributed by atoms with Crippen LogP contribution in [0.5, 0.6) is 0 Å². The molecule has 0 heterocycles. The lowest BCUT2D eigenvalue weighted by atomic mass is 9.98. The fraction of sp³-hybridized carbons (Fsp3) is 0.571. The van der Waals surface area contributed by atoms with Crippen LogP contribution in [0.15, 0.2) is 18.2 Å². The van der Waals surface area contributed by atoms with Gasteiger partial charge in [0.05, 0.1) is 0 Å². The zero-order chi connectivity index (χ0) is 11.3. The van der Waals surface area contributed by atoms with Crippen molar-refractivity contribution in [3.05, 3.63) is 34.9 Å². The van der Waals surface area contributed by atoms with Gasteiger partial charge in [0.15, 0.2) is 0 Å². The Kier molecular flexibility index (Phi) is 7.44. The predicted octanol–water partition coefficient (Wildman–Crippen LogP) is 4.31. The minimum absolute atomic E-state index is 0. The first-order chi connectivity index (χ1) is 7.13. The molecule has 0 unspecified atom stereocenters. The number of halogens is 1. The molecule has 92 valence electrons. The van der Waals surface area contributed by atoms with Gasteiger partial charge in [-0.05, 0) is 25.8 Å². The maximum absolute atomic E-state index is 6.17. The summed E-state index contributed by atoms with van der Waals surface area (Å²) in [6, 6.07) is 6.84. The van der Waals surface area contributed by atoms with Gasteiger partial charge in [-0.2, -0.15) is 0 Å². The monoisotopic (exact) mass is 241 g/mol. The zero-order valence-electron chi connectivity index (χ0n) is 10.6. The van der Waals surface area contributed by atoms with Crippen LogP contribution >= 0.6 is 12.4 Å². The predicted molar refractivity (Wildman–Crippen MR) is 74.2 cm³/mol. The molecule has 0 aliphatic carbocycles. The summed E-state index contributed by atoms with van der Waals surface area (Å²) in [5.41, 5.74) is 10.1. The Labute approximate surface area is 106 Å². The van der Waals surface area contributed by atoms with Crippen molar-refractivity contribution in [3.63, 3.8) is 0 Å². The Morgan fingerprint density at radius 2 is 1.62 bits per heavy atom. The summed E-state index contributed by atoms with van der Waals surface area (Å²) in [6.07, 6.45) is 4.90. The maximum Gasteiger partial charge on any atom is 0.0295 e. The molecule has 16 heavy (non-hydrogen) atoms. The van der Waals surface area contributed by atoms with Crippen molar-refractivity contribution in [2.24, 2.45) is 5.73 Å². The number of hydrogen-bond acceptors (Lipinski definition) is 1. The van der Waals surface area contributed by atoms with E-state index in [0.717, 1.165) is 6.42 Å². The molecule has 0 radical (unpaired) electrons. The van der Waals surface area contributed by atoms with Gasteiger partial charge < -0.3 is 5.73 Å². The van der Waals surface area contributed by atoms with Crippen LogP contribution in [0.3, 0.4) is 0 Å². The second kappa shape index (κ2) is 7.70. The topological polar surface area (TPSA) is 26.0 Å². The highest BCUT2D eigenvalue weighted by Crippen LogP contribution is 2.19. The Balaban J connectivity index is 0.00000225. The van der Waals surface area contributed by atoms with Crippen molar-refractivity contribution < 1.29 is 0 Å². The molecule has 0 aromatic heterocycles. The van der Waals surface area contributed by atoms with Crippen LogP contribution in [-0.4, -0.2) is 0 Å². The Morgan fingerprint density at radius 3 is 2.12 bits per heavy atom. The van der Waals surface area contributed by atoms with Gasteiger partial charge in [-0.3, -0.25) is 0 Å². The van der Waals surface area contributed by atoms with E-state index in [1.165, 1.54) is 36.0 Å². The highest BCUT2D eigenvalue weighted by molar-refractivity contribution is 5.85. The summed E-state index contributed by atoms with van der Waals surface area (Å²) in [7, 11) is 0. The zero-order valence-corrected chi connectivity index (χ0v) is 11.4. The number of benzene rings is 1. The third kappa shape index (κ3) is 5.00. The smallest absolute Gasteiger partial charge is 0.0295 e. The maximum atomic E-state index is 6.17. The van der Waals surface area contributed by atoms with E-state index in [1.54, 1.807) is 0 Å². The van der Waals surface area contributed by atoms with E-state index in [-0.39, 0.29) is 18.4 Å². The third-order valence-corrected chi connectivity index (χ3v) is 2.79. The lowest BCUT2D eigenvalue weighted by Gasteiger charge is -2.13. The summed E-state index contributed by atoms with van der Waals surface area (Å²) in [4.78, 5) is 0. The quantitative estimate of drug-likeness (QED) is 0.764. The molecular weight excluding hydrogens is 218 g/mol. The Hall–Kier alpha value is -0.530. The first-order valence-corrected chi connectivity index (χ1v) is 5.97. The molecule has 0 amide bonds. The Morgan fingerprint density at radius 1 is 1.06 bits per heavy atom. The number of rotatable bonds is 5. The normalized spacial score (nSPS) is 12.0. The van der Waals surface area contributed by atoms with E-state index in [4.69, 9.17) is 5.73 Å². The molecule has 0 spiro atoms. The summed E-state index contributed by atoms with van der Waals surface area (Å²) in [6.45, 7) is 6.49. The summed E-state index contributed by atoms with van der Waals surface area (Å²) < 4.78 is 0. The SMILES string of the molecule is CCCCC[C@@H](N)c1cc(C)cc(C)c1.Cl. The minimum atomic E-state index is 0. The molecule has 0 bridgehead atoms. The van der Waals surface area contributed by atoms with Crippen LogP contribution in [0, 0.1) is 13.8 Å². The van der Waals surface area contributed by atoms with Gasteiger partial charge in [0.25, 0.3) is 0 Å². The van der Waals surface area contributed by atoms with Gasteiger partial charge in [0.1, 0.15) is 0 Å². The molecule has 0 saturated carbocycles. The minimum Gasteiger partial charge on any atom is -0.324 e.